The van der Waals surface area contributed by atoms with Crippen LogP contribution in [0.25, 0.3) is 11.0 Å². The fourth-order valence-electron chi connectivity index (χ4n) is 3.18. The number of nitrogens with one attached hydrogen (secondary N) is 1. The summed E-state index contributed by atoms with van der Waals surface area (Å²) in [5.74, 6) is -0.328. The van der Waals surface area contributed by atoms with E-state index in [1.807, 2.05) is 60.7 Å². The van der Waals surface area contributed by atoms with E-state index in [9.17, 15) is 9.59 Å². The van der Waals surface area contributed by atoms with Crippen LogP contribution in [0.1, 0.15) is 38.9 Å². The van der Waals surface area contributed by atoms with Gasteiger partial charge in [0.2, 0.25) is 0 Å². The van der Waals surface area contributed by atoms with Crippen molar-refractivity contribution in [3.05, 3.63) is 102 Å². The molecule has 4 aromatic rings. The van der Waals surface area contributed by atoms with Crippen LogP contribution < -0.4 is 0 Å². The van der Waals surface area contributed by atoms with E-state index in [1.165, 1.54) is 0 Å². The van der Waals surface area contributed by atoms with E-state index < -0.39 is 5.92 Å². The van der Waals surface area contributed by atoms with Gasteiger partial charge in [-0.1, -0.05) is 72.8 Å². The Hall–Kier alpha value is -3.53. The molecule has 1 aromatic heterocycles. The molecule has 0 aliphatic rings. The SMILES string of the molecule is O=C(C[C@@H](C(=O)c1ccccc1)c1nc2ccccc2[nH]1)c1ccccc1. The van der Waals surface area contributed by atoms with Crippen molar-refractivity contribution in [2.45, 2.75) is 12.3 Å². The Morgan fingerprint density at radius 2 is 1.37 bits per heavy atom. The summed E-state index contributed by atoms with van der Waals surface area (Å²) >= 11 is 0. The van der Waals surface area contributed by atoms with E-state index in [4.69, 9.17) is 0 Å². The number of para-hydroxylation sites is 2. The van der Waals surface area contributed by atoms with Gasteiger partial charge in [0.25, 0.3) is 0 Å². The number of benzene rings is 3. The molecule has 0 aliphatic carbocycles. The van der Waals surface area contributed by atoms with Crippen LogP contribution in [0.3, 0.4) is 0 Å². The van der Waals surface area contributed by atoms with Gasteiger partial charge in [-0.15, -0.1) is 0 Å². The van der Waals surface area contributed by atoms with E-state index in [2.05, 4.69) is 9.97 Å². The van der Waals surface area contributed by atoms with Crippen LogP contribution in [0.5, 0.6) is 0 Å². The largest absolute Gasteiger partial charge is 0.341 e. The summed E-state index contributed by atoms with van der Waals surface area (Å²) in [7, 11) is 0. The fraction of sp³-hybridized carbons (Fsp3) is 0.0870. The van der Waals surface area contributed by atoms with Crippen molar-refractivity contribution in [3.8, 4) is 0 Å². The molecule has 3 aromatic carbocycles. The Morgan fingerprint density at radius 3 is 2.04 bits per heavy atom. The number of ketones is 2. The number of nitrogens with zero attached hydrogens (tertiary/aromatic N) is 1. The number of rotatable bonds is 6. The molecule has 0 spiro atoms. The Labute approximate surface area is 156 Å². The van der Waals surface area contributed by atoms with Crippen LogP contribution in [-0.4, -0.2) is 21.5 Å². The zero-order valence-electron chi connectivity index (χ0n) is 14.6. The predicted molar refractivity (Wildman–Crippen MR) is 105 cm³/mol. The lowest BCUT2D eigenvalue weighted by molar-refractivity contribution is 0.0890. The van der Waals surface area contributed by atoms with E-state index in [0.29, 0.717) is 17.0 Å². The highest BCUT2D eigenvalue weighted by molar-refractivity contribution is 6.06. The third-order valence-electron chi connectivity index (χ3n) is 4.60. The molecule has 4 rings (SSSR count). The molecule has 4 nitrogen and oxygen atoms in total. The molecular weight excluding hydrogens is 336 g/mol. The van der Waals surface area contributed by atoms with Gasteiger partial charge in [-0.05, 0) is 12.1 Å². The summed E-state index contributed by atoms with van der Waals surface area (Å²) < 4.78 is 0. The summed E-state index contributed by atoms with van der Waals surface area (Å²) in [4.78, 5) is 33.8. The maximum Gasteiger partial charge on any atom is 0.173 e. The molecule has 0 aliphatic heterocycles. The number of imidazole rings is 1. The number of hydrogen-bond donors (Lipinski definition) is 1. The van der Waals surface area contributed by atoms with E-state index in [-0.39, 0.29) is 18.0 Å². The molecular formula is C23H18N2O2. The summed E-state index contributed by atoms with van der Waals surface area (Å²) in [6.45, 7) is 0. The fourth-order valence-corrected chi connectivity index (χ4v) is 3.18. The first-order valence-corrected chi connectivity index (χ1v) is 8.84. The summed E-state index contributed by atoms with van der Waals surface area (Å²) in [6, 6.07) is 25.7. The standard InChI is InChI=1S/C23H18N2O2/c26-21(16-9-3-1-4-10-16)15-18(22(27)17-11-5-2-6-12-17)23-24-19-13-7-8-14-20(19)25-23/h1-14,18H,15H2,(H,24,25)/t18-/m0/s1. The molecule has 1 atom stereocenters. The molecule has 27 heavy (non-hydrogen) atoms. The third-order valence-corrected chi connectivity index (χ3v) is 4.60. The Balaban J connectivity index is 1.72. The van der Waals surface area contributed by atoms with Crippen molar-refractivity contribution in [2.24, 2.45) is 0 Å². The van der Waals surface area contributed by atoms with Crippen molar-refractivity contribution in [3.63, 3.8) is 0 Å². The lowest BCUT2D eigenvalue weighted by atomic mass is 9.90. The van der Waals surface area contributed by atoms with Crippen LogP contribution >= 0.6 is 0 Å². The zero-order valence-corrected chi connectivity index (χ0v) is 14.6. The number of carbonyl (C=O) groups is 2. The van der Waals surface area contributed by atoms with Gasteiger partial charge in [0.1, 0.15) is 5.82 Å². The number of fused-ring (bicyclic) bond motifs is 1. The molecule has 0 unspecified atom stereocenters. The quantitative estimate of drug-likeness (QED) is 0.506. The average molecular weight is 354 g/mol. The smallest absolute Gasteiger partial charge is 0.173 e. The van der Waals surface area contributed by atoms with Gasteiger partial charge in [-0.25, -0.2) is 4.98 Å². The second kappa shape index (κ2) is 7.38. The van der Waals surface area contributed by atoms with E-state index in [0.717, 1.165) is 11.0 Å². The van der Waals surface area contributed by atoms with Crippen molar-refractivity contribution >= 4 is 22.6 Å². The first-order valence-electron chi connectivity index (χ1n) is 8.84. The molecule has 0 saturated carbocycles. The van der Waals surface area contributed by atoms with Gasteiger partial charge in [-0.2, -0.15) is 0 Å². The minimum absolute atomic E-state index is 0.0670. The minimum atomic E-state index is -0.660. The van der Waals surface area contributed by atoms with Crippen LogP contribution in [0.4, 0.5) is 0 Å². The van der Waals surface area contributed by atoms with Gasteiger partial charge in [0, 0.05) is 17.5 Å². The normalized spacial score (nSPS) is 12.0. The zero-order chi connectivity index (χ0) is 18.6. The molecule has 4 heteroatoms. The number of H-pyrrole nitrogens is 1. The van der Waals surface area contributed by atoms with Crippen LogP contribution in [-0.2, 0) is 0 Å². The summed E-state index contributed by atoms with van der Waals surface area (Å²) in [5.41, 5.74) is 2.80. The predicted octanol–water partition coefficient (Wildman–Crippen LogP) is 4.80. The molecule has 0 fully saturated rings. The molecule has 1 N–H and O–H groups in total. The maximum absolute atomic E-state index is 13.2. The monoisotopic (exact) mass is 354 g/mol. The van der Waals surface area contributed by atoms with E-state index in [1.54, 1.807) is 24.3 Å². The number of aromatic nitrogens is 2. The molecule has 0 amide bonds. The maximum atomic E-state index is 13.2. The highest BCUT2D eigenvalue weighted by atomic mass is 16.1. The van der Waals surface area contributed by atoms with Gasteiger partial charge >= 0.3 is 0 Å². The topological polar surface area (TPSA) is 62.8 Å². The molecule has 0 bridgehead atoms. The van der Waals surface area contributed by atoms with Crippen molar-refractivity contribution in [2.75, 3.05) is 0 Å². The third kappa shape index (κ3) is 3.55. The first-order chi connectivity index (χ1) is 13.2. The van der Waals surface area contributed by atoms with Crippen LogP contribution in [0.2, 0.25) is 0 Å². The molecule has 0 saturated heterocycles. The van der Waals surface area contributed by atoms with Crippen molar-refractivity contribution in [1.82, 2.24) is 9.97 Å². The second-order valence-electron chi connectivity index (χ2n) is 6.42. The number of hydrogen-bond acceptors (Lipinski definition) is 3. The minimum Gasteiger partial charge on any atom is -0.341 e. The molecule has 0 radical (unpaired) electrons. The van der Waals surface area contributed by atoms with Gasteiger partial charge in [0.15, 0.2) is 11.6 Å². The first kappa shape index (κ1) is 16.9. The Bertz CT molecular complexity index is 1050. The Kier molecular flexibility index (Phi) is 4.62. The van der Waals surface area contributed by atoms with Gasteiger partial charge in [0.05, 0.1) is 17.0 Å². The van der Waals surface area contributed by atoms with Gasteiger partial charge < -0.3 is 4.98 Å². The second-order valence-corrected chi connectivity index (χ2v) is 6.42. The van der Waals surface area contributed by atoms with Crippen LogP contribution in [0.15, 0.2) is 84.9 Å². The van der Waals surface area contributed by atoms with Crippen molar-refractivity contribution < 1.29 is 9.59 Å². The van der Waals surface area contributed by atoms with Crippen LogP contribution in [0, 0.1) is 0 Å². The number of carbonyl (C=O) groups excluding carboxylic acids is 2. The highest BCUT2D eigenvalue weighted by Gasteiger charge is 2.28. The van der Waals surface area contributed by atoms with Gasteiger partial charge in [-0.3, -0.25) is 9.59 Å². The lowest BCUT2D eigenvalue weighted by Crippen LogP contribution is -2.18. The van der Waals surface area contributed by atoms with Crippen molar-refractivity contribution in [1.29, 1.82) is 0 Å². The number of aromatic amines is 1. The summed E-state index contributed by atoms with van der Waals surface area (Å²) in [5, 5.41) is 0. The van der Waals surface area contributed by atoms with E-state index >= 15 is 0 Å². The molecule has 1 heterocycles. The highest BCUT2D eigenvalue weighted by Crippen LogP contribution is 2.26. The summed E-state index contributed by atoms with van der Waals surface area (Å²) in [6.07, 6.45) is 0.0670. The Morgan fingerprint density at radius 1 is 0.778 bits per heavy atom. The molecule has 132 valence electrons. The number of Topliss-reactive ketones (excluding diaryl/α,β-unsaturated/α-hetero) is 2. The lowest BCUT2D eigenvalue weighted by Gasteiger charge is -2.13. The average Bonchev–Trinajstić information content (AvgIpc) is 3.16.